The van der Waals surface area contributed by atoms with Gasteiger partial charge in [0.1, 0.15) is 6.10 Å². The minimum absolute atomic E-state index is 0.155. The van der Waals surface area contributed by atoms with Gasteiger partial charge in [-0.1, -0.05) is 23.3 Å². The smallest absolute Gasteiger partial charge is 0.414 e. The Bertz CT molecular complexity index is 858. The maximum atomic E-state index is 12.1. The third-order valence-corrected chi connectivity index (χ3v) is 5.15. The Kier molecular flexibility index (Phi) is 5.21. The number of hydrogen-bond donors (Lipinski definition) is 0. The lowest BCUT2D eigenvalue weighted by Gasteiger charge is -2.37. The van der Waals surface area contributed by atoms with E-state index >= 15 is 0 Å². The van der Waals surface area contributed by atoms with Crippen LogP contribution in [-0.2, 0) is 4.74 Å². The minimum Gasteiger partial charge on any atom is -0.444 e. The Morgan fingerprint density at radius 3 is 2.11 bits per heavy atom. The van der Waals surface area contributed by atoms with Crippen molar-refractivity contribution in [2.24, 2.45) is 5.11 Å². The maximum Gasteiger partial charge on any atom is 0.414 e. The summed E-state index contributed by atoms with van der Waals surface area (Å²) in [4.78, 5) is 21.1. The molecule has 0 radical (unpaired) electrons. The Hall–Kier alpha value is -3.38. The van der Waals surface area contributed by atoms with Gasteiger partial charge in [-0.2, -0.15) is 0 Å². The molecule has 2 aromatic carbocycles. The zero-order valence-corrected chi connectivity index (χ0v) is 15.5. The molecule has 0 N–H and O–H groups in total. The third-order valence-electron chi connectivity index (χ3n) is 5.15. The lowest BCUT2D eigenvalue weighted by atomic mass is 10.2. The highest BCUT2D eigenvalue weighted by atomic mass is 16.6. The summed E-state index contributed by atoms with van der Waals surface area (Å²) in [7, 11) is 0. The van der Waals surface area contributed by atoms with Crippen LogP contribution in [-0.4, -0.2) is 51.5 Å². The fraction of sp³-hybridized carbons (Fsp3) is 0.350. The normalized spacial score (nSPS) is 19.4. The molecule has 8 heteroatoms. The Labute approximate surface area is 163 Å². The molecule has 4 rings (SSSR count). The molecule has 2 aromatic rings. The molecule has 8 nitrogen and oxygen atoms in total. The van der Waals surface area contributed by atoms with E-state index in [0.717, 1.165) is 37.6 Å². The van der Waals surface area contributed by atoms with E-state index in [1.807, 2.05) is 30.3 Å². The second kappa shape index (κ2) is 8.10. The first-order valence-corrected chi connectivity index (χ1v) is 9.38. The second-order valence-corrected chi connectivity index (χ2v) is 6.86. The zero-order valence-electron chi connectivity index (χ0n) is 15.5. The van der Waals surface area contributed by atoms with Crippen LogP contribution in [0.4, 0.5) is 21.9 Å². The summed E-state index contributed by atoms with van der Waals surface area (Å²) in [6.07, 6.45) is -0.795. The van der Waals surface area contributed by atoms with Crippen LogP contribution in [0.2, 0.25) is 0 Å². The summed E-state index contributed by atoms with van der Waals surface area (Å²) >= 11 is 0. The van der Waals surface area contributed by atoms with Gasteiger partial charge in [-0.3, -0.25) is 4.90 Å². The van der Waals surface area contributed by atoms with Crippen LogP contribution in [0, 0.1) is 0 Å². The van der Waals surface area contributed by atoms with Crippen LogP contribution >= 0.6 is 0 Å². The third kappa shape index (κ3) is 3.82. The molecule has 0 saturated carbocycles. The molecule has 1 amide bonds. The maximum absolute atomic E-state index is 12.1. The molecule has 28 heavy (non-hydrogen) atoms. The van der Waals surface area contributed by atoms with Gasteiger partial charge in [-0.15, -0.1) is 0 Å². The molecule has 144 valence electrons. The minimum atomic E-state index is -0.401. The summed E-state index contributed by atoms with van der Waals surface area (Å²) in [5, 5.41) is 3.49. The van der Waals surface area contributed by atoms with E-state index in [1.165, 1.54) is 5.69 Å². The van der Waals surface area contributed by atoms with Crippen molar-refractivity contribution in [1.29, 1.82) is 0 Å². The van der Waals surface area contributed by atoms with Crippen molar-refractivity contribution in [2.75, 3.05) is 54.0 Å². The summed E-state index contributed by atoms with van der Waals surface area (Å²) in [5.74, 6) is 0. The Balaban J connectivity index is 1.36. The van der Waals surface area contributed by atoms with Crippen LogP contribution < -0.4 is 14.7 Å². The topological polar surface area (TPSA) is 84.8 Å². The highest BCUT2D eigenvalue weighted by Gasteiger charge is 2.31. The van der Waals surface area contributed by atoms with Crippen molar-refractivity contribution >= 4 is 23.2 Å². The number of nitrogens with zero attached hydrogens (tertiary/aromatic N) is 6. The van der Waals surface area contributed by atoms with Crippen molar-refractivity contribution in [3.05, 3.63) is 65.0 Å². The molecule has 2 heterocycles. The molecule has 0 unspecified atom stereocenters. The molecule has 2 saturated heterocycles. The quantitative estimate of drug-likeness (QED) is 0.452. The molecule has 0 bridgehead atoms. The van der Waals surface area contributed by atoms with Gasteiger partial charge in [0.05, 0.1) is 13.1 Å². The molecule has 2 aliphatic rings. The Morgan fingerprint density at radius 2 is 1.50 bits per heavy atom. The van der Waals surface area contributed by atoms with Gasteiger partial charge in [0.25, 0.3) is 0 Å². The van der Waals surface area contributed by atoms with E-state index in [1.54, 1.807) is 4.90 Å². The van der Waals surface area contributed by atoms with Crippen LogP contribution in [0.15, 0.2) is 59.7 Å². The van der Waals surface area contributed by atoms with E-state index in [-0.39, 0.29) is 6.54 Å². The van der Waals surface area contributed by atoms with E-state index < -0.39 is 12.2 Å². The van der Waals surface area contributed by atoms with Crippen LogP contribution in [0.25, 0.3) is 10.4 Å². The molecular weight excluding hydrogens is 356 g/mol. The average molecular weight is 378 g/mol. The molecule has 1 atom stereocenters. The predicted octanol–water partition coefficient (Wildman–Crippen LogP) is 3.65. The molecule has 0 aliphatic carbocycles. The number of benzene rings is 2. The number of cyclic esters (lactones) is 1. The second-order valence-electron chi connectivity index (χ2n) is 6.86. The first-order valence-electron chi connectivity index (χ1n) is 9.38. The standard InChI is InChI=1S/C20H22N6O2/c21-23-22-14-19-15-26(20(27)28-19)18-8-6-17(7-9-18)25-12-10-24(11-13-25)16-4-2-1-3-5-16/h1-9,19H,10-15H2/t19-/m0/s1. The number of piperazine rings is 1. The van der Waals surface area contributed by atoms with E-state index in [4.69, 9.17) is 10.3 Å². The lowest BCUT2D eigenvalue weighted by molar-refractivity contribution is 0.145. The van der Waals surface area contributed by atoms with E-state index in [0.29, 0.717) is 6.54 Å². The molecule has 0 spiro atoms. The summed E-state index contributed by atoms with van der Waals surface area (Å²) in [6.45, 7) is 4.41. The fourth-order valence-electron chi connectivity index (χ4n) is 3.66. The van der Waals surface area contributed by atoms with Gasteiger partial charge in [0.2, 0.25) is 0 Å². The molecular formula is C20H22N6O2. The SMILES string of the molecule is [N-]=[N+]=NC[C@H]1CN(c2ccc(N3CCN(c4ccccc4)CC3)cc2)C(=O)O1. The van der Waals surface area contributed by atoms with Crippen LogP contribution in [0.5, 0.6) is 0 Å². The number of hydrogen-bond acceptors (Lipinski definition) is 5. The van der Waals surface area contributed by atoms with Crippen LogP contribution in [0.1, 0.15) is 0 Å². The number of amides is 1. The van der Waals surface area contributed by atoms with Crippen molar-refractivity contribution in [3.63, 3.8) is 0 Å². The van der Waals surface area contributed by atoms with E-state index in [9.17, 15) is 4.79 Å². The van der Waals surface area contributed by atoms with Gasteiger partial charge in [0.15, 0.2) is 0 Å². The lowest BCUT2D eigenvalue weighted by Crippen LogP contribution is -2.46. The van der Waals surface area contributed by atoms with Crippen molar-refractivity contribution in [2.45, 2.75) is 6.10 Å². The molecule has 2 aliphatic heterocycles. The van der Waals surface area contributed by atoms with Gasteiger partial charge < -0.3 is 14.5 Å². The largest absolute Gasteiger partial charge is 0.444 e. The van der Waals surface area contributed by atoms with Crippen LogP contribution in [0.3, 0.4) is 0 Å². The first kappa shape index (κ1) is 18.0. The summed E-state index contributed by atoms with van der Waals surface area (Å²) < 4.78 is 5.24. The van der Waals surface area contributed by atoms with Gasteiger partial charge in [-0.25, -0.2) is 4.79 Å². The number of carbonyl (C=O) groups is 1. The number of carbonyl (C=O) groups excluding carboxylic acids is 1. The van der Waals surface area contributed by atoms with Crippen molar-refractivity contribution in [1.82, 2.24) is 0 Å². The van der Waals surface area contributed by atoms with E-state index in [2.05, 4.69) is 44.1 Å². The number of para-hydroxylation sites is 1. The Morgan fingerprint density at radius 1 is 0.929 bits per heavy atom. The average Bonchev–Trinajstić information content (AvgIpc) is 3.13. The first-order chi connectivity index (χ1) is 13.7. The highest BCUT2D eigenvalue weighted by Crippen LogP contribution is 2.26. The fourth-order valence-corrected chi connectivity index (χ4v) is 3.66. The zero-order chi connectivity index (χ0) is 19.3. The number of azide groups is 1. The van der Waals surface area contributed by atoms with Crippen molar-refractivity contribution in [3.8, 4) is 0 Å². The van der Waals surface area contributed by atoms with Gasteiger partial charge in [0, 0.05) is 48.2 Å². The number of ether oxygens (including phenoxy) is 1. The predicted molar refractivity (Wildman–Crippen MR) is 109 cm³/mol. The number of anilines is 3. The van der Waals surface area contributed by atoms with Crippen molar-refractivity contribution < 1.29 is 9.53 Å². The number of rotatable bonds is 5. The molecule has 2 fully saturated rings. The summed E-state index contributed by atoms with van der Waals surface area (Å²) in [6, 6.07) is 18.4. The summed E-state index contributed by atoms with van der Waals surface area (Å²) in [5.41, 5.74) is 11.6. The van der Waals surface area contributed by atoms with Gasteiger partial charge in [-0.05, 0) is 41.9 Å². The molecule has 0 aromatic heterocycles. The highest BCUT2D eigenvalue weighted by molar-refractivity contribution is 5.90. The van der Waals surface area contributed by atoms with Gasteiger partial charge >= 0.3 is 6.09 Å². The monoisotopic (exact) mass is 378 g/mol.